The number of unbranched alkanes of at least 4 members (excludes halogenated alkanes) is 1. The summed E-state index contributed by atoms with van der Waals surface area (Å²) >= 11 is 0. The van der Waals surface area contributed by atoms with E-state index >= 15 is 0 Å². The highest BCUT2D eigenvalue weighted by molar-refractivity contribution is 5.93. The highest BCUT2D eigenvalue weighted by Crippen LogP contribution is 2.32. The van der Waals surface area contributed by atoms with Gasteiger partial charge in [0, 0.05) is 18.5 Å². The minimum Gasteiger partial charge on any atom is -0.463 e. The van der Waals surface area contributed by atoms with Gasteiger partial charge in [0.2, 0.25) is 17.4 Å². The minimum atomic E-state index is -1.58. The topological polar surface area (TPSA) is 114 Å². The molecule has 0 saturated carbocycles. The summed E-state index contributed by atoms with van der Waals surface area (Å²) < 4.78 is 10.7. The molecule has 3 amide bonds. The predicted octanol–water partition coefficient (Wildman–Crippen LogP) is 6.55. The third-order valence-corrected chi connectivity index (χ3v) is 8.07. The molecule has 0 aromatic heterocycles. The van der Waals surface area contributed by atoms with Crippen LogP contribution < -0.4 is 10.6 Å². The molecule has 1 aromatic carbocycles. The first kappa shape index (κ1) is 39.7. The number of benzene rings is 1. The number of allylic oxidation sites excluding steroid dienone is 1. The molecule has 0 radical (unpaired) electrons. The molecule has 45 heavy (non-hydrogen) atoms. The molecular weight excluding hydrogens is 570 g/mol. The Balaban J connectivity index is 3.51. The summed E-state index contributed by atoms with van der Waals surface area (Å²) in [5, 5.41) is 6.16. The van der Waals surface area contributed by atoms with Gasteiger partial charge in [-0.2, -0.15) is 0 Å². The van der Waals surface area contributed by atoms with Crippen molar-refractivity contribution in [3.63, 3.8) is 0 Å². The van der Waals surface area contributed by atoms with E-state index < -0.39 is 46.5 Å². The van der Waals surface area contributed by atoms with Gasteiger partial charge in [-0.3, -0.25) is 14.5 Å². The van der Waals surface area contributed by atoms with Gasteiger partial charge in [-0.05, 0) is 57.4 Å². The molecule has 1 aromatic rings. The third-order valence-electron chi connectivity index (χ3n) is 8.07. The fourth-order valence-corrected chi connectivity index (χ4v) is 5.15. The normalized spacial score (nSPS) is 14.7. The Morgan fingerprint density at radius 1 is 0.911 bits per heavy atom. The molecule has 0 unspecified atom stereocenters. The Bertz CT molecular complexity index is 1170. The van der Waals surface area contributed by atoms with E-state index in [0.717, 1.165) is 24.8 Å². The van der Waals surface area contributed by atoms with Crippen LogP contribution in [-0.4, -0.2) is 66.2 Å². The summed E-state index contributed by atoms with van der Waals surface area (Å²) in [5.74, 6) is -1.39. The fraction of sp³-hybridized carbons (Fsp3) is 0.667. The van der Waals surface area contributed by atoms with Crippen LogP contribution in [0.3, 0.4) is 0 Å². The summed E-state index contributed by atoms with van der Waals surface area (Å²) in [5.41, 5.74) is -1.15. The maximum absolute atomic E-state index is 14.3. The van der Waals surface area contributed by atoms with Crippen LogP contribution in [0.1, 0.15) is 108 Å². The smallest absolute Gasteiger partial charge is 0.411 e. The van der Waals surface area contributed by atoms with Gasteiger partial charge in [0.25, 0.3) is 0 Å². The zero-order chi connectivity index (χ0) is 34.8. The summed E-state index contributed by atoms with van der Waals surface area (Å²) in [4.78, 5) is 55.5. The van der Waals surface area contributed by atoms with E-state index in [1.807, 2.05) is 65.0 Å². The van der Waals surface area contributed by atoms with Crippen LogP contribution >= 0.6 is 0 Å². The molecule has 3 atom stereocenters. The van der Waals surface area contributed by atoms with Crippen molar-refractivity contribution in [2.75, 3.05) is 13.7 Å². The maximum atomic E-state index is 14.3. The third kappa shape index (κ3) is 11.5. The van der Waals surface area contributed by atoms with Crippen molar-refractivity contribution in [1.29, 1.82) is 0 Å². The quantitative estimate of drug-likeness (QED) is 0.168. The van der Waals surface area contributed by atoms with E-state index in [-0.39, 0.29) is 24.5 Å². The molecule has 9 nitrogen and oxygen atoms in total. The van der Waals surface area contributed by atoms with Crippen LogP contribution in [0.25, 0.3) is 0 Å². The molecule has 0 aliphatic rings. The van der Waals surface area contributed by atoms with Crippen molar-refractivity contribution >= 4 is 23.9 Å². The van der Waals surface area contributed by atoms with Gasteiger partial charge in [-0.1, -0.05) is 104 Å². The highest BCUT2D eigenvalue weighted by Gasteiger charge is 2.46. The van der Waals surface area contributed by atoms with Gasteiger partial charge < -0.3 is 20.1 Å². The number of esters is 1. The average Bonchev–Trinajstić information content (AvgIpc) is 2.93. The van der Waals surface area contributed by atoms with E-state index in [1.54, 1.807) is 6.92 Å². The first-order chi connectivity index (χ1) is 20.7. The van der Waals surface area contributed by atoms with Crippen LogP contribution in [-0.2, 0) is 29.3 Å². The van der Waals surface area contributed by atoms with Crippen LogP contribution in [0.15, 0.2) is 42.0 Å². The second-order valence-electron chi connectivity index (χ2n) is 14.4. The molecule has 0 fully saturated rings. The zero-order valence-corrected chi connectivity index (χ0v) is 30.0. The molecule has 2 N–H and O–H groups in total. The molecule has 0 heterocycles. The van der Waals surface area contributed by atoms with Gasteiger partial charge >= 0.3 is 12.1 Å². The molecule has 254 valence electrons. The van der Waals surface area contributed by atoms with Crippen LogP contribution in [0.2, 0.25) is 0 Å². The zero-order valence-electron chi connectivity index (χ0n) is 30.0. The predicted molar refractivity (Wildman–Crippen MR) is 180 cm³/mol. The van der Waals surface area contributed by atoms with Crippen molar-refractivity contribution < 1.29 is 28.7 Å². The number of nitrogens with zero attached hydrogens (tertiary/aromatic N) is 1. The minimum absolute atomic E-state index is 0.129. The number of carbonyl (C=O) groups excluding carboxylic acids is 4. The van der Waals surface area contributed by atoms with E-state index in [1.165, 1.54) is 31.4 Å². The first-order valence-electron chi connectivity index (χ1n) is 16.2. The fourth-order valence-electron chi connectivity index (χ4n) is 5.15. The van der Waals surface area contributed by atoms with Gasteiger partial charge in [0.1, 0.15) is 12.1 Å². The molecule has 9 heteroatoms. The monoisotopic (exact) mass is 629 g/mol. The molecule has 0 aliphatic heterocycles. The summed E-state index contributed by atoms with van der Waals surface area (Å²) in [6.07, 6.45) is 4.36. The second kappa shape index (κ2) is 16.8. The van der Waals surface area contributed by atoms with E-state index in [9.17, 15) is 19.2 Å². The van der Waals surface area contributed by atoms with Gasteiger partial charge in [0.05, 0.1) is 6.61 Å². The lowest BCUT2D eigenvalue weighted by atomic mass is 9.76. The van der Waals surface area contributed by atoms with Crippen molar-refractivity contribution in [2.24, 2.45) is 11.3 Å². The number of ether oxygens (including phenoxy) is 2. The van der Waals surface area contributed by atoms with Crippen molar-refractivity contribution in [3.05, 3.63) is 47.5 Å². The molecule has 0 bridgehead atoms. The number of hydrogen-bond acceptors (Lipinski definition) is 6. The highest BCUT2D eigenvalue weighted by atomic mass is 16.6. The standard InChI is InChI=1S/C36H59N3O6/c1-14-16-20-25(5)23-27(24(3)4)37-30(40)28(34(6,7)8)38-31(41)29(35(9,10)26-21-18-17-19-22-26)39(13)33(43)45-36(11,12)32(42)44-15-2/h17-19,21-24,27-29H,14-16,20H2,1-13H3,(H,37,40)(H,38,41)/t27-,28-,29-/m1/s1. The average molecular weight is 630 g/mol. The van der Waals surface area contributed by atoms with Crippen LogP contribution in [0, 0.1) is 11.3 Å². The second-order valence-corrected chi connectivity index (χ2v) is 14.4. The van der Waals surface area contributed by atoms with E-state index in [2.05, 4.69) is 44.4 Å². The number of carbonyl (C=O) groups is 4. The Kier molecular flexibility index (Phi) is 14.8. The summed E-state index contributed by atoms with van der Waals surface area (Å²) in [7, 11) is 1.46. The molecule has 0 spiro atoms. The number of hydrogen-bond donors (Lipinski definition) is 2. The number of amides is 3. The van der Waals surface area contributed by atoms with Crippen molar-refractivity contribution in [2.45, 2.75) is 131 Å². The largest absolute Gasteiger partial charge is 0.463 e. The van der Waals surface area contributed by atoms with Crippen LogP contribution in [0.4, 0.5) is 4.79 Å². The van der Waals surface area contributed by atoms with Crippen LogP contribution in [0.5, 0.6) is 0 Å². The molecular formula is C36H59N3O6. The Morgan fingerprint density at radius 2 is 1.49 bits per heavy atom. The Labute approximate surface area is 271 Å². The van der Waals surface area contributed by atoms with Gasteiger partial charge in [-0.25, -0.2) is 9.59 Å². The summed E-state index contributed by atoms with van der Waals surface area (Å²) in [6.45, 7) is 22.4. The van der Waals surface area contributed by atoms with Crippen molar-refractivity contribution in [3.8, 4) is 0 Å². The van der Waals surface area contributed by atoms with Crippen molar-refractivity contribution in [1.82, 2.24) is 15.5 Å². The summed E-state index contributed by atoms with van der Waals surface area (Å²) in [6, 6.07) is 7.13. The van der Waals surface area contributed by atoms with E-state index in [4.69, 9.17) is 9.47 Å². The molecule has 0 saturated heterocycles. The molecule has 1 rings (SSSR count). The lowest BCUT2D eigenvalue weighted by molar-refractivity contribution is -0.162. The number of nitrogens with one attached hydrogen (secondary N) is 2. The Morgan fingerprint density at radius 3 is 1.98 bits per heavy atom. The SMILES string of the molecule is CCCCC(C)=C[C@@H](NC(=O)[C@@H](NC(=O)[C@@H](N(C)C(=O)OC(C)(C)C(=O)OCC)C(C)(C)c1ccccc1)C(C)(C)C)C(C)C. The van der Waals surface area contributed by atoms with E-state index in [0.29, 0.717) is 0 Å². The van der Waals surface area contributed by atoms with Gasteiger partial charge in [-0.15, -0.1) is 0 Å². The number of likely N-dealkylation sites (N-methyl/N-ethyl adjacent to an activating group) is 1. The Hall–Kier alpha value is -3.36. The first-order valence-corrected chi connectivity index (χ1v) is 16.2. The number of rotatable bonds is 15. The molecule has 0 aliphatic carbocycles. The lowest BCUT2D eigenvalue weighted by Crippen LogP contribution is -2.63. The van der Waals surface area contributed by atoms with Gasteiger partial charge in [0.15, 0.2) is 0 Å². The maximum Gasteiger partial charge on any atom is 0.411 e. The lowest BCUT2D eigenvalue weighted by Gasteiger charge is -2.41.